The molecule has 0 aliphatic rings. The van der Waals surface area contributed by atoms with Gasteiger partial charge in [-0.3, -0.25) is 0 Å². The van der Waals surface area contributed by atoms with Gasteiger partial charge >= 0.3 is 0 Å². The summed E-state index contributed by atoms with van der Waals surface area (Å²) in [6.07, 6.45) is 1.58. The van der Waals surface area contributed by atoms with Crippen LogP contribution in [0.2, 0.25) is 15.2 Å². The van der Waals surface area contributed by atoms with Crippen LogP contribution >= 0.6 is 34.8 Å². The average Bonchev–Trinajstić information content (AvgIpc) is 2.89. The summed E-state index contributed by atoms with van der Waals surface area (Å²) in [6, 6.07) is 7.09. The van der Waals surface area contributed by atoms with E-state index in [-0.39, 0.29) is 0 Å². The van der Waals surface area contributed by atoms with Crippen LogP contribution in [0, 0.1) is 11.3 Å². The summed E-state index contributed by atoms with van der Waals surface area (Å²) in [5, 5.41) is 11.0. The normalized spacial score (nSPS) is 10.7. The first kappa shape index (κ1) is 15.0. The Hall–Kier alpha value is -1.93. The van der Waals surface area contributed by atoms with Gasteiger partial charge in [-0.15, -0.1) is 0 Å². The second-order valence-corrected chi connectivity index (χ2v) is 5.70. The molecule has 0 amide bonds. The standard InChI is InChI=1S/C15H8Cl3N3O/c1-22-12-2-8(10(16)4-11(12)17)9-3-13(18)21-15-14(9)7(5-19)6-20-15/h2-4,6H,1H3,(H,20,21). The van der Waals surface area contributed by atoms with Crippen molar-refractivity contribution in [3.8, 4) is 22.9 Å². The van der Waals surface area contributed by atoms with Gasteiger partial charge in [0, 0.05) is 17.1 Å². The molecule has 1 aromatic carbocycles. The fraction of sp³-hybridized carbons (Fsp3) is 0.0667. The first-order chi connectivity index (χ1) is 10.5. The zero-order valence-corrected chi connectivity index (χ0v) is 13.5. The van der Waals surface area contributed by atoms with E-state index in [0.717, 1.165) is 0 Å². The van der Waals surface area contributed by atoms with E-state index in [2.05, 4.69) is 16.0 Å². The number of nitrogens with one attached hydrogen (secondary N) is 1. The van der Waals surface area contributed by atoms with Gasteiger partial charge in [-0.1, -0.05) is 34.8 Å². The third-order valence-corrected chi connectivity index (χ3v) is 4.06. The van der Waals surface area contributed by atoms with E-state index in [0.29, 0.717) is 48.7 Å². The Kier molecular flexibility index (Phi) is 3.88. The predicted molar refractivity (Wildman–Crippen MR) is 87.8 cm³/mol. The first-order valence-corrected chi connectivity index (χ1v) is 7.29. The Morgan fingerprint density at radius 3 is 2.59 bits per heavy atom. The van der Waals surface area contributed by atoms with Gasteiger partial charge in [-0.05, 0) is 23.8 Å². The molecule has 0 saturated heterocycles. The molecule has 2 aromatic heterocycles. The summed E-state index contributed by atoms with van der Waals surface area (Å²) >= 11 is 18.5. The molecule has 0 unspecified atom stereocenters. The van der Waals surface area contributed by atoms with Crippen LogP contribution in [0.1, 0.15) is 5.56 Å². The highest BCUT2D eigenvalue weighted by atomic mass is 35.5. The molecular formula is C15H8Cl3N3O. The van der Waals surface area contributed by atoms with Crippen LogP contribution in [0.3, 0.4) is 0 Å². The Morgan fingerprint density at radius 2 is 1.91 bits per heavy atom. The lowest BCUT2D eigenvalue weighted by Gasteiger charge is -2.11. The number of rotatable bonds is 2. The fourth-order valence-corrected chi connectivity index (χ4v) is 3.05. The molecule has 7 heteroatoms. The summed E-state index contributed by atoms with van der Waals surface area (Å²) in [5.74, 6) is 0.483. The summed E-state index contributed by atoms with van der Waals surface area (Å²) in [6.45, 7) is 0. The maximum Gasteiger partial charge on any atom is 0.141 e. The van der Waals surface area contributed by atoms with Crippen LogP contribution in [-0.2, 0) is 0 Å². The van der Waals surface area contributed by atoms with Gasteiger partial charge in [0.2, 0.25) is 0 Å². The highest BCUT2D eigenvalue weighted by Gasteiger charge is 2.17. The second kappa shape index (κ2) is 5.69. The summed E-state index contributed by atoms with van der Waals surface area (Å²) in [7, 11) is 1.52. The molecule has 2 heterocycles. The van der Waals surface area contributed by atoms with Crippen LogP contribution in [0.4, 0.5) is 0 Å². The monoisotopic (exact) mass is 351 g/mol. The molecule has 0 fully saturated rings. The number of fused-ring (bicyclic) bond motifs is 1. The Morgan fingerprint density at radius 1 is 1.14 bits per heavy atom. The maximum atomic E-state index is 9.27. The highest BCUT2D eigenvalue weighted by Crippen LogP contribution is 2.40. The molecule has 0 aliphatic heterocycles. The van der Waals surface area contributed by atoms with Crippen molar-refractivity contribution in [1.82, 2.24) is 9.97 Å². The zero-order valence-electron chi connectivity index (χ0n) is 11.2. The third kappa shape index (κ3) is 2.38. The summed E-state index contributed by atoms with van der Waals surface area (Å²) in [4.78, 5) is 7.11. The van der Waals surface area contributed by atoms with E-state index in [4.69, 9.17) is 39.5 Å². The summed E-state index contributed by atoms with van der Waals surface area (Å²) in [5.41, 5.74) is 2.32. The van der Waals surface area contributed by atoms with Gasteiger partial charge < -0.3 is 9.72 Å². The molecule has 0 aliphatic carbocycles. The zero-order chi connectivity index (χ0) is 15.9. The van der Waals surface area contributed by atoms with Gasteiger partial charge in [0.05, 0.1) is 22.7 Å². The lowest BCUT2D eigenvalue weighted by molar-refractivity contribution is 0.415. The average molecular weight is 353 g/mol. The number of halogens is 3. The number of aromatic amines is 1. The second-order valence-electron chi connectivity index (χ2n) is 4.50. The molecular weight excluding hydrogens is 345 g/mol. The smallest absolute Gasteiger partial charge is 0.141 e. The molecule has 0 bridgehead atoms. The molecule has 22 heavy (non-hydrogen) atoms. The molecule has 110 valence electrons. The van der Waals surface area contributed by atoms with Crippen molar-refractivity contribution in [2.45, 2.75) is 0 Å². The van der Waals surface area contributed by atoms with E-state index < -0.39 is 0 Å². The lowest BCUT2D eigenvalue weighted by Crippen LogP contribution is -1.90. The number of nitrogens with zero attached hydrogens (tertiary/aromatic N) is 2. The van der Waals surface area contributed by atoms with Crippen molar-refractivity contribution < 1.29 is 4.74 Å². The molecule has 0 spiro atoms. The number of hydrogen-bond donors (Lipinski definition) is 1. The van der Waals surface area contributed by atoms with Crippen molar-refractivity contribution in [2.75, 3.05) is 7.11 Å². The quantitative estimate of drug-likeness (QED) is 0.655. The van der Waals surface area contributed by atoms with Gasteiger partial charge in [0.1, 0.15) is 22.6 Å². The SMILES string of the molecule is COc1cc(-c2cc(Cl)nc3[nH]cc(C#N)c23)c(Cl)cc1Cl. The number of benzene rings is 1. The van der Waals surface area contributed by atoms with Crippen LogP contribution in [0.15, 0.2) is 24.4 Å². The molecule has 0 radical (unpaired) electrons. The molecule has 4 nitrogen and oxygen atoms in total. The number of H-pyrrole nitrogens is 1. The van der Waals surface area contributed by atoms with Gasteiger partial charge in [-0.2, -0.15) is 5.26 Å². The van der Waals surface area contributed by atoms with E-state index in [1.807, 2.05) is 0 Å². The van der Waals surface area contributed by atoms with Crippen molar-refractivity contribution in [2.24, 2.45) is 0 Å². The van der Waals surface area contributed by atoms with E-state index >= 15 is 0 Å². The number of methoxy groups -OCH3 is 1. The topological polar surface area (TPSA) is 61.7 Å². The molecule has 0 saturated carbocycles. The predicted octanol–water partition coefficient (Wildman–Crippen LogP) is 5.07. The molecule has 3 aromatic rings. The van der Waals surface area contributed by atoms with Gasteiger partial charge in [0.25, 0.3) is 0 Å². The number of hydrogen-bond acceptors (Lipinski definition) is 3. The highest BCUT2D eigenvalue weighted by molar-refractivity contribution is 6.37. The van der Waals surface area contributed by atoms with Crippen molar-refractivity contribution in [3.63, 3.8) is 0 Å². The molecule has 0 atom stereocenters. The Labute approximate surface area is 141 Å². The van der Waals surface area contributed by atoms with E-state index in [1.165, 1.54) is 7.11 Å². The van der Waals surface area contributed by atoms with Gasteiger partial charge in [0.15, 0.2) is 0 Å². The van der Waals surface area contributed by atoms with Gasteiger partial charge in [-0.25, -0.2) is 4.98 Å². The number of aromatic nitrogens is 2. The van der Waals surface area contributed by atoms with Crippen LogP contribution in [-0.4, -0.2) is 17.1 Å². The minimum Gasteiger partial charge on any atom is -0.495 e. The van der Waals surface area contributed by atoms with Crippen molar-refractivity contribution in [3.05, 3.63) is 45.2 Å². The number of pyridine rings is 1. The molecule has 1 N–H and O–H groups in total. The van der Waals surface area contributed by atoms with Crippen LogP contribution in [0.5, 0.6) is 5.75 Å². The third-order valence-electron chi connectivity index (χ3n) is 3.26. The van der Waals surface area contributed by atoms with Crippen LogP contribution in [0.25, 0.3) is 22.2 Å². The number of ether oxygens (including phenoxy) is 1. The summed E-state index contributed by atoms with van der Waals surface area (Å²) < 4.78 is 5.23. The Bertz CT molecular complexity index is 928. The minimum atomic E-state index is 0.291. The van der Waals surface area contributed by atoms with E-state index in [1.54, 1.807) is 24.4 Å². The Balaban J connectivity index is 2.40. The van der Waals surface area contributed by atoms with Crippen molar-refractivity contribution in [1.29, 1.82) is 5.26 Å². The first-order valence-electron chi connectivity index (χ1n) is 6.16. The number of nitriles is 1. The van der Waals surface area contributed by atoms with E-state index in [9.17, 15) is 5.26 Å². The maximum absolute atomic E-state index is 9.27. The molecule has 3 rings (SSSR count). The van der Waals surface area contributed by atoms with Crippen LogP contribution < -0.4 is 4.74 Å². The minimum absolute atomic E-state index is 0.291. The van der Waals surface area contributed by atoms with Crippen molar-refractivity contribution >= 4 is 45.8 Å². The fourth-order valence-electron chi connectivity index (χ4n) is 2.30. The lowest BCUT2D eigenvalue weighted by atomic mass is 10.0. The largest absolute Gasteiger partial charge is 0.495 e.